The number of H-pyrrole nitrogens is 1. The molecule has 0 unspecified atom stereocenters. The Labute approximate surface area is 219 Å². The number of sulfonamides is 1. The average Bonchev–Trinajstić information content (AvgIpc) is 3.26. The molecule has 0 aliphatic heterocycles. The number of nitrogens with zero attached hydrogens (tertiary/aromatic N) is 2. The van der Waals surface area contributed by atoms with Crippen LogP contribution in [0.2, 0.25) is 0 Å². The van der Waals surface area contributed by atoms with E-state index in [0.717, 1.165) is 12.1 Å². The predicted molar refractivity (Wildman–Crippen MR) is 144 cm³/mol. The zero-order chi connectivity index (χ0) is 28.2. The molecule has 8 N–H and O–H groups in total. The fourth-order valence-electron chi connectivity index (χ4n) is 4.27. The van der Waals surface area contributed by atoms with Crippen LogP contribution >= 0.6 is 0 Å². The highest BCUT2D eigenvalue weighted by Crippen LogP contribution is 2.44. The summed E-state index contributed by atoms with van der Waals surface area (Å²) >= 11 is 0. The number of benzene rings is 3. The third-order valence-corrected chi connectivity index (χ3v) is 7.32. The second-order valence-electron chi connectivity index (χ2n) is 9.70. The number of phenolic OH excluding ortho intramolecular Hbond substituents is 2. The highest BCUT2D eigenvalue weighted by molar-refractivity contribution is 7.89. The summed E-state index contributed by atoms with van der Waals surface area (Å²) < 4.78 is 24.0. The third-order valence-electron chi connectivity index (χ3n) is 6.41. The van der Waals surface area contributed by atoms with E-state index in [1.54, 1.807) is 52.2 Å². The van der Waals surface area contributed by atoms with Gasteiger partial charge >= 0.3 is 0 Å². The Morgan fingerprint density at radius 2 is 1.68 bits per heavy atom. The van der Waals surface area contributed by atoms with Crippen LogP contribution in [0.5, 0.6) is 11.5 Å². The minimum atomic E-state index is -4.12. The van der Waals surface area contributed by atoms with Gasteiger partial charge in [0.15, 0.2) is 0 Å². The molecule has 4 aromatic rings. The number of likely N-dealkylation sites (N-methyl/N-ethyl adjacent to an activating group) is 1. The van der Waals surface area contributed by atoms with E-state index in [9.17, 15) is 23.4 Å². The van der Waals surface area contributed by atoms with Gasteiger partial charge in [-0.3, -0.25) is 10.2 Å². The van der Waals surface area contributed by atoms with Gasteiger partial charge in [0, 0.05) is 30.8 Å². The van der Waals surface area contributed by atoms with Crippen molar-refractivity contribution in [1.29, 1.82) is 5.41 Å². The first kappa shape index (κ1) is 26.6. The van der Waals surface area contributed by atoms with Gasteiger partial charge in [0.1, 0.15) is 23.2 Å². The lowest BCUT2D eigenvalue weighted by Crippen LogP contribution is -2.39. The fourth-order valence-corrected chi connectivity index (χ4v) is 4.81. The molecule has 0 bridgehead atoms. The van der Waals surface area contributed by atoms with Crippen LogP contribution in [0.1, 0.15) is 25.0 Å². The van der Waals surface area contributed by atoms with Gasteiger partial charge in [-0.1, -0.05) is 0 Å². The number of aromatic hydroxyl groups is 2. The second-order valence-corrected chi connectivity index (χ2v) is 11.3. The topological polar surface area (TPSA) is 199 Å². The summed E-state index contributed by atoms with van der Waals surface area (Å²) in [6.45, 7) is 3.43. The van der Waals surface area contributed by atoms with Gasteiger partial charge < -0.3 is 25.8 Å². The van der Waals surface area contributed by atoms with Gasteiger partial charge in [-0.05, 0) is 67.9 Å². The summed E-state index contributed by atoms with van der Waals surface area (Å²) in [7, 11) is -0.867. The maximum Gasteiger partial charge on any atom is 0.238 e. The van der Waals surface area contributed by atoms with Gasteiger partial charge in [-0.25, -0.2) is 18.5 Å². The highest BCUT2D eigenvalue weighted by Gasteiger charge is 2.33. The van der Waals surface area contributed by atoms with Crippen molar-refractivity contribution in [1.82, 2.24) is 14.9 Å². The van der Waals surface area contributed by atoms with Crippen molar-refractivity contribution in [3.8, 4) is 34.0 Å². The van der Waals surface area contributed by atoms with Gasteiger partial charge in [-0.15, -0.1) is 0 Å². The Morgan fingerprint density at radius 3 is 2.29 bits per heavy atom. The Kier molecular flexibility index (Phi) is 6.42. The highest BCUT2D eigenvalue weighted by atomic mass is 32.2. The number of amidine groups is 1. The first-order chi connectivity index (χ1) is 17.6. The number of phenols is 2. The van der Waals surface area contributed by atoms with Crippen LogP contribution in [-0.4, -0.2) is 59.3 Å². The van der Waals surface area contributed by atoms with E-state index >= 15 is 0 Å². The van der Waals surface area contributed by atoms with E-state index in [1.165, 1.54) is 17.0 Å². The van der Waals surface area contributed by atoms with E-state index in [2.05, 4.69) is 9.97 Å². The van der Waals surface area contributed by atoms with E-state index < -0.39 is 15.4 Å². The van der Waals surface area contributed by atoms with Gasteiger partial charge in [0.25, 0.3) is 0 Å². The predicted octanol–water partition coefficient (Wildman–Crippen LogP) is 2.61. The van der Waals surface area contributed by atoms with Gasteiger partial charge in [0.2, 0.25) is 15.9 Å². The number of fused-ring (bicyclic) bond motifs is 1. The summed E-state index contributed by atoms with van der Waals surface area (Å²) in [5, 5.41) is 35.0. The number of nitrogens with two attached hydrogens (primary N) is 2. The largest absolute Gasteiger partial charge is 0.507 e. The third kappa shape index (κ3) is 4.66. The molecule has 38 heavy (non-hydrogen) atoms. The standard InChI is InChI=1S/C26H28N6O5S/c1-26(2,25(35)32(3)4)14-10-17(16-12-15(38(29,36)37)6-8-21(16)33)22(34)18(11-14)24-30-19-7-5-13(23(27)28)9-20(19)31-24/h5-12,33-34H,1-4H3,(H3,27,28)(H,30,31)(H2,29,36,37). The van der Waals surface area contributed by atoms with E-state index in [-0.39, 0.29) is 50.7 Å². The molecule has 0 aliphatic rings. The quantitative estimate of drug-likeness (QED) is 0.161. The van der Waals surface area contributed by atoms with Crippen LogP contribution in [0.15, 0.2) is 53.4 Å². The lowest BCUT2D eigenvalue weighted by Gasteiger charge is -2.29. The van der Waals surface area contributed by atoms with Crippen LogP contribution in [0.3, 0.4) is 0 Å². The van der Waals surface area contributed by atoms with Crippen molar-refractivity contribution in [2.75, 3.05) is 14.1 Å². The lowest BCUT2D eigenvalue weighted by atomic mass is 9.80. The molecule has 0 saturated carbocycles. The molecule has 0 saturated heterocycles. The number of nitrogens with one attached hydrogen (secondary N) is 2. The average molecular weight is 537 g/mol. The Bertz CT molecular complexity index is 1720. The Balaban J connectivity index is 2.05. The van der Waals surface area contributed by atoms with Crippen molar-refractivity contribution in [3.63, 3.8) is 0 Å². The smallest absolute Gasteiger partial charge is 0.238 e. The summed E-state index contributed by atoms with van der Waals surface area (Å²) in [4.78, 5) is 22.0. The molecule has 1 aromatic heterocycles. The first-order valence-electron chi connectivity index (χ1n) is 11.4. The van der Waals surface area contributed by atoms with Crippen LogP contribution < -0.4 is 10.9 Å². The molecular formula is C26H28N6O5S. The zero-order valence-electron chi connectivity index (χ0n) is 21.2. The minimum Gasteiger partial charge on any atom is -0.507 e. The number of aromatic nitrogens is 2. The number of primary sulfonamides is 1. The number of imidazole rings is 1. The first-order valence-corrected chi connectivity index (χ1v) is 13.0. The molecule has 0 radical (unpaired) electrons. The maximum absolute atomic E-state index is 13.1. The molecule has 198 valence electrons. The van der Waals surface area contributed by atoms with E-state index in [4.69, 9.17) is 16.3 Å². The fraction of sp³-hybridized carbons (Fsp3) is 0.192. The normalized spacial score (nSPS) is 12.0. The molecule has 1 heterocycles. The molecule has 0 atom stereocenters. The molecule has 1 amide bonds. The number of nitrogen functional groups attached to an aromatic ring is 1. The molecule has 0 spiro atoms. The number of carbonyl (C=O) groups excluding carboxylic acids is 1. The van der Waals surface area contributed by atoms with E-state index in [1.807, 2.05) is 0 Å². The summed E-state index contributed by atoms with van der Waals surface area (Å²) in [5.41, 5.74) is 6.84. The summed E-state index contributed by atoms with van der Waals surface area (Å²) in [6, 6.07) is 11.6. The maximum atomic E-state index is 13.1. The second kappa shape index (κ2) is 9.15. The number of amides is 1. The van der Waals surface area contributed by atoms with Crippen molar-refractivity contribution >= 4 is 32.8 Å². The van der Waals surface area contributed by atoms with Crippen LogP contribution in [-0.2, 0) is 20.2 Å². The SMILES string of the molecule is CN(C)C(=O)C(C)(C)c1cc(-c2nc3cc(C(=N)N)ccc3[nH]2)c(O)c(-c2cc(S(N)(=O)=O)ccc2O)c1. The molecule has 12 heteroatoms. The number of aromatic amines is 1. The monoisotopic (exact) mass is 536 g/mol. The molecule has 0 aliphatic carbocycles. The lowest BCUT2D eigenvalue weighted by molar-refractivity contribution is -0.133. The van der Waals surface area contributed by atoms with Crippen LogP contribution in [0.25, 0.3) is 33.5 Å². The van der Waals surface area contributed by atoms with Gasteiger partial charge in [0.05, 0.1) is 26.9 Å². The molecular weight excluding hydrogens is 508 g/mol. The van der Waals surface area contributed by atoms with Crippen molar-refractivity contribution < 1.29 is 23.4 Å². The summed E-state index contributed by atoms with van der Waals surface area (Å²) in [6.07, 6.45) is 0. The number of carbonyl (C=O) groups is 1. The van der Waals surface area contributed by atoms with Crippen LogP contribution in [0.4, 0.5) is 0 Å². The Morgan fingerprint density at radius 1 is 1.03 bits per heavy atom. The molecule has 0 fully saturated rings. The number of rotatable bonds is 6. The molecule has 3 aromatic carbocycles. The van der Waals surface area contributed by atoms with E-state index in [0.29, 0.717) is 22.2 Å². The van der Waals surface area contributed by atoms with Crippen molar-refractivity contribution in [3.05, 3.63) is 59.7 Å². The zero-order valence-corrected chi connectivity index (χ0v) is 22.0. The van der Waals surface area contributed by atoms with Crippen LogP contribution in [0, 0.1) is 5.41 Å². The van der Waals surface area contributed by atoms with Gasteiger partial charge in [-0.2, -0.15) is 0 Å². The van der Waals surface area contributed by atoms with Crippen molar-refractivity contribution in [2.24, 2.45) is 10.9 Å². The minimum absolute atomic E-state index is 0.000189. The molecule has 4 rings (SSSR count). The molecule has 11 nitrogen and oxygen atoms in total. The summed E-state index contributed by atoms with van der Waals surface area (Å²) in [5.74, 6) is -0.717. The number of hydrogen-bond donors (Lipinski definition) is 6. The van der Waals surface area contributed by atoms with Crippen molar-refractivity contribution in [2.45, 2.75) is 24.2 Å². The number of hydrogen-bond acceptors (Lipinski definition) is 7. The Hall–Kier alpha value is -4.42.